The first kappa shape index (κ1) is 22.1. The number of rotatable bonds is 8. The van der Waals surface area contributed by atoms with Gasteiger partial charge in [0, 0.05) is 17.1 Å². The summed E-state index contributed by atoms with van der Waals surface area (Å²) in [5.41, 5.74) is 2.57. The van der Waals surface area contributed by atoms with E-state index in [-0.39, 0.29) is 18.9 Å². The molecule has 0 unspecified atom stereocenters. The van der Waals surface area contributed by atoms with Crippen molar-refractivity contribution in [3.8, 4) is 0 Å². The lowest BCUT2D eigenvalue weighted by Crippen LogP contribution is -2.51. The molecule has 0 saturated carbocycles. The standard InChI is InChI=1S/C24H27N3O4/c1-3-16(2)22(27-24(30)31-15-17-9-5-4-6-10-17)23(29)26-21(28)13-18-14-25-20-12-8-7-11-19(18)20/h4-12,14,16,22,25H,3,13,15H2,1-2H3,(H,27,30)(H,26,28,29)/t16-,22-/m0/s1. The van der Waals surface area contributed by atoms with Gasteiger partial charge in [-0.2, -0.15) is 0 Å². The maximum absolute atomic E-state index is 12.7. The summed E-state index contributed by atoms with van der Waals surface area (Å²) >= 11 is 0. The molecule has 0 aliphatic rings. The second kappa shape index (κ2) is 10.4. The predicted octanol–water partition coefficient (Wildman–Crippen LogP) is 3.69. The van der Waals surface area contributed by atoms with Crippen molar-refractivity contribution < 1.29 is 19.1 Å². The molecule has 0 aliphatic carbocycles. The summed E-state index contributed by atoms with van der Waals surface area (Å²) in [6, 6.07) is 16.0. The number of carbonyl (C=O) groups excluding carboxylic acids is 3. The highest BCUT2D eigenvalue weighted by Gasteiger charge is 2.28. The van der Waals surface area contributed by atoms with Crippen LogP contribution >= 0.6 is 0 Å². The van der Waals surface area contributed by atoms with Gasteiger partial charge in [-0.05, 0) is 23.1 Å². The smallest absolute Gasteiger partial charge is 0.408 e. The van der Waals surface area contributed by atoms with Crippen LogP contribution in [0.4, 0.5) is 4.79 Å². The molecule has 7 heteroatoms. The minimum Gasteiger partial charge on any atom is -0.445 e. The largest absolute Gasteiger partial charge is 0.445 e. The van der Waals surface area contributed by atoms with Crippen LogP contribution in [-0.4, -0.2) is 28.9 Å². The molecule has 2 atom stereocenters. The van der Waals surface area contributed by atoms with Gasteiger partial charge in [0.15, 0.2) is 0 Å². The Balaban J connectivity index is 1.58. The van der Waals surface area contributed by atoms with Crippen molar-refractivity contribution in [1.82, 2.24) is 15.6 Å². The second-order valence-corrected chi connectivity index (χ2v) is 7.52. The number of benzene rings is 2. The van der Waals surface area contributed by atoms with Gasteiger partial charge in [0.1, 0.15) is 12.6 Å². The summed E-state index contributed by atoms with van der Waals surface area (Å²) in [6.07, 6.45) is 1.77. The maximum Gasteiger partial charge on any atom is 0.408 e. The van der Waals surface area contributed by atoms with Crippen molar-refractivity contribution in [3.05, 3.63) is 71.9 Å². The molecule has 162 valence electrons. The number of hydrogen-bond donors (Lipinski definition) is 3. The zero-order valence-corrected chi connectivity index (χ0v) is 17.7. The van der Waals surface area contributed by atoms with E-state index in [1.54, 1.807) is 6.20 Å². The predicted molar refractivity (Wildman–Crippen MR) is 118 cm³/mol. The molecular weight excluding hydrogens is 394 g/mol. The number of aromatic amines is 1. The lowest BCUT2D eigenvalue weighted by molar-refractivity contribution is -0.132. The summed E-state index contributed by atoms with van der Waals surface area (Å²) < 4.78 is 5.22. The molecule has 1 aromatic heterocycles. The number of H-pyrrole nitrogens is 1. The minimum absolute atomic E-state index is 0.0570. The van der Waals surface area contributed by atoms with E-state index in [0.717, 1.165) is 22.0 Å². The Bertz CT molecular complexity index is 1050. The molecule has 1 heterocycles. The van der Waals surface area contributed by atoms with E-state index >= 15 is 0 Å². The van der Waals surface area contributed by atoms with E-state index in [1.807, 2.05) is 68.4 Å². The first-order valence-electron chi connectivity index (χ1n) is 10.3. The van der Waals surface area contributed by atoms with Crippen molar-refractivity contribution in [2.75, 3.05) is 0 Å². The van der Waals surface area contributed by atoms with Crippen LogP contribution < -0.4 is 10.6 Å². The number of fused-ring (bicyclic) bond motifs is 1. The third-order valence-electron chi connectivity index (χ3n) is 5.27. The van der Waals surface area contributed by atoms with Gasteiger partial charge < -0.3 is 15.0 Å². The van der Waals surface area contributed by atoms with E-state index in [9.17, 15) is 14.4 Å². The van der Waals surface area contributed by atoms with Crippen LogP contribution in [0.5, 0.6) is 0 Å². The van der Waals surface area contributed by atoms with Crippen molar-refractivity contribution in [2.45, 2.75) is 39.3 Å². The van der Waals surface area contributed by atoms with E-state index in [0.29, 0.717) is 6.42 Å². The Hall–Kier alpha value is -3.61. The third kappa shape index (κ3) is 5.94. The third-order valence-corrected chi connectivity index (χ3v) is 5.27. The Morgan fingerprint density at radius 2 is 1.74 bits per heavy atom. The molecule has 3 rings (SSSR count). The SMILES string of the molecule is CC[C@H](C)[C@H](NC(=O)OCc1ccccc1)C(=O)NC(=O)Cc1c[nH]c2ccccc12. The summed E-state index contributed by atoms with van der Waals surface area (Å²) in [7, 11) is 0. The van der Waals surface area contributed by atoms with Gasteiger partial charge in [0.2, 0.25) is 11.8 Å². The molecule has 3 amide bonds. The van der Waals surface area contributed by atoms with Crippen LogP contribution in [-0.2, 0) is 27.4 Å². The molecule has 31 heavy (non-hydrogen) atoms. The van der Waals surface area contributed by atoms with Crippen molar-refractivity contribution >= 4 is 28.8 Å². The Morgan fingerprint density at radius 3 is 2.48 bits per heavy atom. The lowest BCUT2D eigenvalue weighted by atomic mass is 9.98. The summed E-state index contributed by atoms with van der Waals surface area (Å²) in [5, 5.41) is 5.95. The van der Waals surface area contributed by atoms with E-state index in [4.69, 9.17) is 4.74 Å². The molecule has 0 radical (unpaired) electrons. The van der Waals surface area contributed by atoms with Crippen molar-refractivity contribution in [2.24, 2.45) is 5.92 Å². The fourth-order valence-corrected chi connectivity index (χ4v) is 3.30. The Morgan fingerprint density at radius 1 is 1.03 bits per heavy atom. The number of hydrogen-bond acceptors (Lipinski definition) is 4. The highest BCUT2D eigenvalue weighted by Crippen LogP contribution is 2.18. The van der Waals surface area contributed by atoms with Gasteiger partial charge in [-0.25, -0.2) is 4.79 Å². The highest BCUT2D eigenvalue weighted by atomic mass is 16.5. The van der Waals surface area contributed by atoms with Gasteiger partial charge in [-0.3, -0.25) is 14.9 Å². The van der Waals surface area contributed by atoms with Crippen LogP contribution in [0.1, 0.15) is 31.4 Å². The van der Waals surface area contributed by atoms with Crippen molar-refractivity contribution in [1.29, 1.82) is 0 Å². The second-order valence-electron chi connectivity index (χ2n) is 7.52. The molecular formula is C24H27N3O4. The maximum atomic E-state index is 12.7. The fourth-order valence-electron chi connectivity index (χ4n) is 3.30. The monoisotopic (exact) mass is 421 g/mol. The van der Waals surface area contributed by atoms with Gasteiger partial charge in [0.25, 0.3) is 0 Å². The van der Waals surface area contributed by atoms with Crippen LogP contribution in [0.3, 0.4) is 0 Å². The number of nitrogens with one attached hydrogen (secondary N) is 3. The Kier molecular flexibility index (Phi) is 7.43. The number of imide groups is 1. The fraction of sp³-hybridized carbons (Fsp3) is 0.292. The van der Waals surface area contributed by atoms with Crippen LogP contribution in [0, 0.1) is 5.92 Å². The van der Waals surface area contributed by atoms with E-state index in [1.165, 1.54) is 0 Å². The van der Waals surface area contributed by atoms with Gasteiger partial charge in [-0.15, -0.1) is 0 Å². The van der Waals surface area contributed by atoms with E-state index < -0.39 is 23.9 Å². The Labute approximate surface area is 181 Å². The van der Waals surface area contributed by atoms with E-state index in [2.05, 4.69) is 15.6 Å². The van der Waals surface area contributed by atoms with Gasteiger partial charge in [0.05, 0.1) is 6.42 Å². The molecule has 2 aromatic carbocycles. The number of ether oxygens (including phenoxy) is 1. The number of carbonyl (C=O) groups is 3. The highest BCUT2D eigenvalue weighted by molar-refractivity contribution is 6.00. The first-order valence-corrected chi connectivity index (χ1v) is 10.3. The molecule has 3 aromatic rings. The number of alkyl carbamates (subject to hydrolysis) is 1. The molecule has 0 aliphatic heterocycles. The number of aromatic nitrogens is 1. The number of para-hydroxylation sites is 1. The first-order chi connectivity index (χ1) is 15.0. The summed E-state index contributed by atoms with van der Waals surface area (Å²) in [4.78, 5) is 40.6. The van der Waals surface area contributed by atoms with Crippen molar-refractivity contribution in [3.63, 3.8) is 0 Å². The van der Waals surface area contributed by atoms with Crippen LogP contribution in [0.15, 0.2) is 60.8 Å². The topological polar surface area (TPSA) is 100 Å². The zero-order chi connectivity index (χ0) is 22.2. The normalized spacial score (nSPS) is 12.7. The number of amides is 3. The molecule has 0 bridgehead atoms. The average Bonchev–Trinajstić information content (AvgIpc) is 3.18. The van der Waals surface area contributed by atoms with Crippen LogP contribution in [0.2, 0.25) is 0 Å². The molecule has 3 N–H and O–H groups in total. The summed E-state index contributed by atoms with van der Waals surface area (Å²) in [6.45, 7) is 3.85. The molecule has 0 fully saturated rings. The van der Waals surface area contributed by atoms with Crippen LogP contribution in [0.25, 0.3) is 10.9 Å². The molecule has 7 nitrogen and oxygen atoms in total. The van der Waals surface area contributed by atoms with Gasteiger partial charge >= 0.3 is 6.09 Å². The minimum atomic E-state index is -0.875. The quantitative estimate of drug-likeness (QED) is 0.516. The summed E-state index contributed by atoms with van der Waals surface area (Å²) in [5.74, 6) is -1.15. The molecule has 0 spiro atoms. The van der Waals surface area contributed by atoms with Gasteiger partial charge in [-0.1, -0.05) is 68.8 Å². The average molecular weight is 421 g/mol. The zero-order valence-electron chi connectivity index (χ0n) is 17.7. The lowest BCUT2D eigenvalue weighted by Gasteiger charge is -2.22. The molecule has 0 saturated heterocycles.